The van der Waals surface area contributed by atoms with Gasteiger partial charge in [0.05, 0.1) is 0 Å². The molecule has 0 aromatic rings. The van der Waals surface area contributed by atoms with Crippen LogP contribution in [0, 0.1) is 12.1 Å². The van der Waals surface area contributed by atoms with Crippen molar-refractivity contribution in [3.05, 3.63) is 10.4 Å². The molecule has 1 atom stereocenters. The van der Waals surface area contributed by atoms with E-state index in [0.717, 1.165) is 0 Å². The van der Waals surface area contributed by atoms with E-state index in [9.17, 15) is 0 Å². The second-order valence-corrected chi connectivity index (χ2v) is 1.16. The molecule has 0 aromatic carbocycles. The van der Waals surface area contributed by atoms with Crippen LogP contribution in [-0.2, 0) is 0 Å². The number of terminal acetylenes is 1. The Bertz CT molecular complexity index is 106. The Morgan fingerprint density at radius 1 is 2.00 bits per heavy atom. The molecular weight excluding hydrogens is 97.0 g/mol. The van der Waals surface area contributed by atoms with E-state index in [0.29, 0.717) is 0 Å². The number of nitrogens with zero attached hydrogens (tertiary/aromatic N) is 3. The molecule has 0 saturated carbocycles. The molecule has 0 N–H and O–H groups in total. The van der Waals surface area contributed by atoms with E-state index >= 15 is 0 Å². The second kappa shape index (κ2) is 4.30. The number of hydrogen-bond donors (Lipinski definition) is 0. The Morgan fingerprint density at radius 3 is 2.83 bits per heavy atom. The highest BCUT2D eigenvalue weighted by molar-refractivity contribution is 7.42. The van der Waals surface area contributed by atoms with Crippen LogP contribution in [0.1, 0.15) is 0 Å². The minimum Gasteiger partial charge on any atom is -0.116 e. The lowest BCUT2D eigenvalue weighted by Gasteiger charge is -1.60. The predicted octanol–water partition coefficient (Wildman–Crippen LogP) is 1.48. The number of hydrogen-bond acceptors (Lipinski definition) is 1. The fourth-order valence-electron chi connectivity index (χ4n) is 0.0512. The van der Waals surface area contributed by atoms with Crippen LogP contribution in [0.25, 0.3) is 10.4 Å². The van der Waals surface area contributed by atoms with Gasteiger partial charge in [-0.1, -0.05) is 10.5 Å². The first-order valence-corrected chi connectivity index (χ1v) is 2.11. The summed E-state index contributed by atoms with van der Waals surface area (Å²) < 4.78 is 0. The van der Waals surface area contributed by atoms with E-state index in [2.05, 4.69) is 15.5 Å². The number of azide groups is 1. The van der Waals surface area contributed by atoms with Crippen molar-refractivity contribution in [2.24, 2.45) is 4.88 Å². The fourth-order valence-corrected chi connectivity index (χ4v) is 0.154. The largest absolute Gasteiger partial charge is 0.116 e. The zero-order valence-corrected chi connectivity index (χ0v) is 3.92. The Balaban J connectivity index is 3.16. The summed E-state index contributed by atoms with van der Waals surface area (Å²) in [6, 6.07) is 0. The van der Waals surface area contributed by atoms with Gasteiger partial charge < -0.3 is 0 Å². The van der Waals surface area contributed by atoms with Gasteiger partial charge in [-0.05, 0) is 5.53 Å². The van der Waals surface area contributed by atoms with Crippen LogP contribution in [0.3, 0.4) is 0 Å². The number of rotatable bonds is 1. The summed E-state index contributed by atoms with van der Waals surface area (Å²) in [6.45, 7) is 0. The van der Waals surface area contributed by atoms with Crippen LogP contribution in [-0.4, -0.2) is 0 Å². The maximum atomic E-state index is 7.57. The smallest absolute Gasteiger partial charge is 0.0500 e. The second-order valence-electron chi connectivity index (χ2n) is 0.446. The molecule has 0 bridgehead atoms. The molecule has 0 aliphatic rings. The maximum absolute atomic E-state index is 7.57. The maximum Gasteiger partial charge on any atom is 0.0500 e. The molecule has 4 heteroatoms. The molecule has 1 unspecified atom stereocenters. The molecular formula is C2H2N3P. The van der Waals surface area contributed by atoms with Crippen LogP contribution >= 0.6 is 8.73 Å². The lowest BCUT2D eigenvalue weighted by Crippen LogP contribution is -1.22. The highest BCUT2D eigenvalue weighted by Gasteiger charge is 1.56. The zero-order chi connectivity index (χ0) is 4.83. The third-order valence-corrected chi connectivity index (χ3v) is 0.478. The van der Waals surface area contributed by atoms with Crippen molar-refractivity contribution in [2.75, 3.05) is 0 Å². The van der Waals surface area contributed by atoms with Crippen LogP contribution in [0.15, 0.2) is 4.88 Å². The average Bonchev–Trinajstić information content (AvgIpc) is 1.61. The molecule has 0 radical (unpaired) electrons. The summed E-state index contributed by atoms with van der Waals surface area (Å²) in [5.41, 5.74) is 9.74. The minimum atomic E-state index is -0.0490. The van der Waals surface area contributed by atoms with Crippen molar-refractivity contribution in [1.29, 1.82) is 0 Å². The first-order chi connectivity index (χ1) is 2.91. The summed E-state index contributed by atoms with van der Waals surface area (Å²) in [7, 11) is -0.0490. The Labute approximate surface area is 37.2 Å². The summed E-state index contributed by atoms with van der Waals surface area (Å²) in [5, 5.41) is 0. The van der Waals surface area contributed by atoms with Crippen molar-refractivity contribution < 1.29 is 0 Å². The van der Waals surface area contributed by atoms with Gasteiger partial charge in [-0.2, -0.15) is 0 Å². The van der Waals surface area contributed by atoms with Gasteiger partial charge in [0, 0.05) is 13.6 Å². The van der Waals surface area contributed by atoms with Crippen molar-refractivity contribution in [1.82, 2.24) is 0 Å². The van der Waals surface area contributed by atoms with Gasteiger partial charge in [0.25, 0.3) is 0 Å². The van der Waals surface area contributed by atoms with Gasteiger partial charge in [-0.15, -0.1) is 6.42 Å². The van der Waals surface area contributed by atoms with Crippen molar-refractivity contribution in [2.45, 2.75) is 0 Å². The molecule has 0 heterocycles. The highest BCUT2D eigenvalue weighted by atomic mass is 31.1. The van der Waals surface area contributed by atoms with Crippen LogP contribution in [0.2, 0.25) is 0 Å². The van der Waals surface area contributed by atoms with E-state index in [1.54, 1.807) is 0 Å². The van der Waals surface area contributed by atoms with Gasteiger partial charge in [0.15, 0.2) is 0 Å². The topological polar surface area (TPSA) is 48.8 Å². The third-order valence-electron chi connectivity index (χ3n) is 0.159. The standard InChI is InChI=1S/C2H2N3P/c1-2-6-5-4-3/h1,6H. The molecule has 0 rings (SSSR count). The molecule has 3 nitrogen and oxygen atoms in total. The van der Waals surface area contributed by atoms with Crippen molar-refractivity contribution in [3.63, 3.8) is 0 Å². The average molecular weight is 99.0 g/mol. The highest BCUT2D eigenvalue weighted by Crippen LogP contribution is 2.05. The van der Waals surface area contributed by atoms with E-state index in [1.807, 2.05) is 0 Å². The summed E-state index contributed by atoms with van der Waals surface area (Å²) in [5.74, 6) is 0. The lowest BCUT2D eigenvalue weighted by atomic mass is 11.4. The molecule has 0 aliphatic heterocycles. The normalized spacial score (nSPS) is 7.17. The zero-order valence-electron chi connectivity index (χ0n) is 2.92. The molecule has 0 fully saturated rings. The third kappa shape index (κ3) is 3.30. The van der Waals surface area contributed by atoms with Gasteiger partial charge in [0.1, 0.15) is 0 Å². The Kier molecular flexibility index (Phi) is 3.80. The van der Waals surface area contributed by atoms with E-state index in [1.165, 1.54) is 0 Å². The SMILES string of the molecule is C#CPN=[N+]=[N-]. The molecule has 0 amide bonds. The van der Waals surface area contributed by atoms with E-state index < -0.39 is 0 Å². The van der Waals surface area contributed by atoms with Crippen LogP contribution < -0.4 is 0 Å². The molecule has 0 saturated heterocycles. The van der Waals surface area contributed by atoms with Gasteiger partial charge in [-0.25, -0.2) is 0 Å². The quantitative estimate of drug-likeness (QED) is 0.157. The van der Waals surface area contributed by atoms with E-state index in [-0.39, 0.29) is 8.73 Å². The molecule has 6 heavy (non-hydrogen) atoms. The summed E-state index contributed by atoms with van der Waals surface area (Å²) in [6.07, 6.45) is 4.71. The Morgan fingerprint density at radius 2 is 2.67 bits per heavy atom. The monoisotopic (exact) mass is 99.0 g/mol. The van der Waals surface area contributed by atoms with Crippen molar-refractivity contribution >= 4 is 8.73 Å². The molecule has 0 spiro atoms. The predicted molar refractivity (Wildman–Crippen MR) is 26.3 cm³/mol. The first-order valence-electron chi connectivity index (χ1n) is 1.16. The van der Waals surface area contributed by atoms with Crippen molar-refractivity contribution in [3.8, 4) is 12.1 Å². The Hall–Kier alpha value is -0.700. The van der Waals surface area contributed by atoms with Gasteiger partial charge in [0.2, 0.25) is 0 Å². The lowest BCUT2D eigenvalue weighted by molar-refractivity contribution is 1.81. The molecule has 0 aromatic heterocycles. The summed E-state index contributed by atoms with van der Waals surface area (Å²) >= 11 is 0. The van der Waals surface area contributed by atoms with E-state index in [4.69, 9.17) is 12.0 Å². The molecule has 30 valence electrons. The van der Waals surface area contributed by atoms with Gasteiger partial charge in [-0.3, -0.25) is 0 Å². The van der Waals surface area contributed by atoms with Gasteiger partial charge >= 0.3 is 0 Å². The van der Waals surface area contributed by atoms with Crippen LogP contribution in [0.5, 0.6) is 0 Å². The first kappa shape index (κ1) is 5.30. The molecule has 0 aliphatic carbocycles. The summed E-state index contributed by atoms with van der Waals surface area (Å²) in [4.78, 5) is 5.48. The minimum absolute atomic E-state index is 0.0490. The fraction of sp³-hybridized carbons (Fsp3) is 0. The van der Waals surface area contributed by atoms with Crippen LogP contribution in [0.4, 0.5) is 0 Å².